The van der Waals surface area contributed by atoms with Crippen molar-refractivity contribution < 1.29 is 8.42 Å². The number of aryl methyl sites for hydroxylation is 1. The number of hydrogen-bond acceptors (Lipinski definition) is 4. The van der Waals surface area contributed by atoms with Gasteiger partial charge in [-0.3, -0.25) is 0 Å². The second kappa shape index (κ2) is 5.75. The first-order valence-electron chi connectivity index (χ1n) is 6.35. The van der Waals surface area contributed by atoms with E-state index < -0.39 is 10.0 Å². The second-order valence-electron chi connectivity index (χ2n) is 4.86. The van der Waals surface area contributed by atoms with Crippen LogP contribution in [0.25, 0.3) is 0 Å². The van der Waals surface area contributed by atoms with Crippen molar-refractivity contribution >= 4 is 21.4 Å². The molecule has 1 aliphatic rings. The largest absolute Gasteiger partial charge is 0.309 e. The lowest BCUT2D eigenvalue weighted by Crippen LogP contribution is -2.27. The molecule has 1 saturated carbocycles. The van der Waals surface area contributed by atoms with Gasteiger partial charge in [-0.1, -0.05) is 6.08 Å². The Bertz CT molecular complexity index is 559. The maximum atomic E-state index is 12.4. The molecular formula is C13H20N2O2S2. The number of likely N-dealkylation sites (N-methyl/N-ethyl adjacent to an activating group) is 1. The number of sulfonamides is 1. The summed E-state index contributed by atoms with van der Waals surface area (Å²) in [4.78, 5) is 2.35. The molecule has 1 aliphatic carbocycles. The van der Waals surface area contributed by atoms with Crippen LogP contribution in [0.3, 0.4) is 0 Å². The van der Waals surface area contributed by atoms with Gasteiger partial charge in [0.2, 0.25) is 10.0 Å². The van der Waals surface area contributed by atoms with Crippen molar-refractivity contribution in [3.63, 3.8) is 0 Å². The predicted molar refractivity (Wildman–Crippen MR) is 78.9 cm³/mol. The SMILES string of the molecule is C=CCN(C)S(=O)(=O)c1cc(CNC2CC2)sc1C. The lowest BCUT2D eigenvalue weighted by Gasteiger charge is -2.14. The quantitative estimate of drug-likeness (QED) is 0.785. The average Bonchev–Trinajstić information content (AvgIpc) is 3.10. The van der Waals surface area contributed by atoms with Crippen LogP contribution >= 0.6 is 11.3 Å². The fourth-order valence-corrected chi connectivity index (χ4v) is 4.54. The fourth-order valence-electron chi connectivity index (χ4n) is 1.85. The van der Waals surface area contributed by atoms with Crippen LogP contribution in [0.2, 0.25) is 0 Å². The molecule has 1 aromatic heterocycles. The first-order valence-corrected chi connectivity index (χ1v) is 8.60. The zero-order valence-corrected chi connectivity index (χ0v) is 13.0. The maximum Gasteiger partial charge on any atom is 0.244 e. The van der Waals surface area contributed by atoms with E-state index in [4.69, 9.17) is 0 Å². The lowest BCUT2D eigenvalue weighted by atomic mass is 10.4. The van der Waals surface area contributed by atoms with Gasteiger partial charge in [0.15, 0.2) is 0 Å². The third-order valence-corrected chi connectivity index (χ3v) is 6.27. The van der Waals surface area contributed by atoms with Crippen LogP contribution in [0.5, 0.6) is 0 Å². The third kappa shape index (κ3) is 3.45. The van der Waals surface area contributed by atoms with E-state index in [0.29, 0.717) is 17.5 Å². The number of thiophene rings is 1. The normalized spacial score (nSPS) is 15.9. The van der Waals surface area contributed by atoms with E-state index in [-0.39, 0.29) is 0 Å². The Morgan fingerprint density at radius 3 is 2.84 bits per heavy atom. The van der Waals surface area contributed by atoms with Crippen molar-refractivity contribution in [3.8, 4) is 0 Å². The minimum atomic E-state index is -3.39. The summed E-state index contributed by atoms with van der Waals surface area (Å²) < 4.78 is 26.1. The zero-order chi connectivity index (χ0) is 14.0. The molecule has 1 heterocycles. The number of nitrogens with one attached hydrogen (secondary N) is 1. The zero-order valence-electron chi connectivity index (χ0n) is 11.3. The van der Waals surface area contributed by atoms with Gasteiger partial charge in [-0.2, -0.15) is 4.31 Å². The molecule has 4 nitrogen and oxygen atoms in total. The first-order chi connectivity index (χ1) is 8.95. The van der Waals surface area contributed by atoms with Crippen molar-refractivity contribution in [2.75, 3.05) is 13.6 Å². The summed E-state index contributed by atoms with van der Waals surface area (Å²) in [6, 6.07) is 2.43. The van der Waals surface area contributed by atoms with Gasteiger partial charge in [-0.15, -0.1) is 17.9 Å². The molecule has 6 heteroatoms. The van der Waals surface area contributed by atoms with Gasteiger partial charge in [0.05, 0.1) is 4.90 Å². The summed E-state index contributed by atoms with van der Waals surface area (Å²) in [7, 11) is -1.81. The molecule has 1 N–H and O–H groups in total. The van der Waals surface area contributed by atoms with Crippen LogP contribution < -0.4 is 5.32 Å². The van der Waals surface area contributed by atoms with Crippen LogP contribution in [-0.2, 0) is 16.6 Å². The molecule has 1 aromatic rings. The fraction of sp³-hybridized carbons (Fsp3) is 0.538. The highest BCUT2D eigenvalue weighted by atomic mass is 32.2. The summed E-state index contributed by atoms with van der Waals surface area (Å²) in [5.41, 5.74) is 0. The Kier molecular flexibility index (Phi) is 4.45. The first kappa shape index (κ1) is 14.7. The molecular weight excluding hydrogens is 280 g/mol. The van der Waals surface area contributed by atoms with Gasteiger partial charge in [0.25, 0.3) is 0 Å². The van der Waals surface area contributed by atoms with Crippen LogP contribution in [0, 0.1) is 6.92 Å². The average molecular weight is 300 g/mol. The van der Waals surface area contributed by atoms with Crippen molar-refractivity contribution in [2.45, 2.75) is 37.2 Å². The Labute approximate surface area is 119 Å². The summed E-state index contributed by atoms with van der Waals surface area (Å²) >= 11 is 1.55. The molecule has 0 bridgehead atoms. The van der Waals surface area contributed by atoms with Crippen LogP contribution in [-0.4, -0.2) is 32.4 Å². The van der Waals surface area contributed by atoms with Crippen LogP contribution in [0.4, 0.5) is 0 Å². The summed E-state index contributed by atoms with van der Waals surface area (Å²) in [6.07, 6.45) is 4.06. The van der Waals surface area contributed by atoms with Crippen molar-refractivity contribution in [2.24, 2.45) is 0 Å². The van der Waals surface area contributed by atoms with E-state index in [9.17, 15) is 8.42 Å². The van der Waals surface area contributed by atoms with Crippen molar-refractivity contribution in [1.29, 1.82) is 0 Å². The van der Waals surface area contributed by atoms with Gasteiger partial charge in [0.1, 0.15) is 0 Å². The van der Waals surface area contributed by atoms with Crippen LogP contribution in [0.15, 0.2) is 23.6 Å². The molecule has 2 rings (SSSR count). The Morgan fingerprint density at radius 1 is 1.58 bits per heavy atom. The predicted octanol–water partition coefficient (Wildman–Crippen LogP) is 2.12. The van der Waals surface area contributed by atoms with Crippen LogP contribution in [0.1, 0.15) is 22.6 Å². The van der Waals surface area contributed by atoms with Gasteiger partial charge < -0.3 is 5.32 Å². The maximum absolute atomic E-state index is 12.4. The van der Waals surface area contributed by atoms with Gasteiger partial charge in [0, 0.05) is 35.9 Å². The molecule has 0 radical (unpaired) electrons. The molecule has 0 amide bonds. The Balaban J connectivity index is 2.16. The highest BCUT2D eigenvalue weighted by Crippen LogP contribution is 2.28. The molecule has 106 valence electrons. The van der Waals surface area contributed by atoms with E-state index in [0.717, 1.165) is 16.3 Å². The summed E-state index contributed by atoms with van der Waals surface area (Å²) in [5, 5.41) is 3.41. The lowest BCUT2D eigenvalue weighted by molar-refractivity contribution is 0.499. The minimum absolute atomic E-state index is 0.327. The second-order valence-corrected chi connectivity index (χ2v) is 8.22. The monoisotopic (exact) mass is 300 g/mol. The number of rotatable bonds is 7. The topological polar surface area (TPSA) is 49.4 Å². The number of nitrogens with zero attached hydrogens (tertiary/aromatic N) is 1. The Hall–Kier alpha value is -0.690. The van der Waals surface area contributed by atoms with E-state index in [1.807, 2.05) is 6.92 Å². The van der Waals surface area contributed by atoms with Crippen molar-refractivity contribution in [3.05, 3.63) is 28.5 Å². The molecule has 0 atom stereocenters. The van der Waals surface area contributed by atoms with Gasteiger partial charge in [-0.05, 0) is 25.8 Å². The minimum Gasteiger partial charge on any atom is -0.309 e. The third-order valence-electron chi connectivity index (χ3n) is 3.14. The summed E-state index contributed by atoms with van der Waals surface area (Å²) in [5.74, 6) is 0. The molecule has 0 spiro atoms. The summed E-state index contributed by atoms with van der Waals surface area (Å²) in [6.45, 7) is 6.53. The highest BCUT2D eigenvalue weighted by Gasteiger charge is 2.25. The van der Waals surface area contributed by atoms with Gasteiger partial charge >= 0.3 is 0 Å². The van der Waals surface area contributed by atoms with Crippen molar-refractivity contribution in [1.82, 2.24) is 9.62 Å². The smallest absolute Gasteiger partial charge is 0.244 e. The van der Waals surface area contributed by atoms with E-state index in [2.05, 4.69) is 11.9 Å². The molecule has 0 aliphatic heterocycles. The van der Waals surface area contributed by atoms with E-state index >= 15 is 0 Å². The van der Waals surface area contributed by atoms with E-state index in [1.165, 1.54) is 17.1 Å². The standard InChI is InChI=1S/C13H20N2O2S2/c1-4-7-15(3)19(16,17)13-8-12(18-10(13)2)9-14-11-5-6-11/h4,8,11,14H,1,5-7,9H2,2-3H3. The molecule has 19 heavy (non-hydrogen) atoms. The molecule has 0 unspecified atom stereocenters. The highest BCUT2D eigenvalue weighted by molar-refractivity contribution is 7.89. The molecule has 0 aromatic carbocycles. The molecule has 0 saturated heterocycles. The molecule has 1 fully saturated rings. The Morgan fingerprint density at radius 2 is 2.26 bits per heavy atom. The van der Waals surface area contributed by atoms with Gasteiger partial charge in [-0.25, -0.2) is 8.42 Å². The van der Waals surface area contributed by atoms with E-state index in [1.54, 1.807) is 30.5 Å². The number of hydrogen-bond donors (Lipinski definition) is 1.